The van der Waals surface area contributed by atoms with Crippen molar-refractivity contribution in [2.75, 3.05) is 11.9 Å². The monoisotopic (exact) mass is 329 g/mol. The van der Waals surface area contributed by atoms with Crippen LogP contribution in [0.25, 0.3) is 11.5 Å². The van der Waals surface area contributed by atoms with Gasteiger partial charge in [-0.2, -0.15) is 0 Å². The van der Waals surface area contributed by atoms with Crippen molar-refractivity contribution in [1.82, 2.24) is 10.2 Å². The Labute approximate surface area is 137 Å². The number of carbonyl (C=O) groups is 1. The molecule has 3 rings (SSSR count). The summed E-state index contributed by atoms with van der Waals surface area (Å²) in [6.07, 6.45) is 0. The number of hydrogen-bond acceptors (Lipinski definition) is 5. The molecular formula is C16H12ClN3O3. The topological polar surface area (TPSA) is 77.2 Å². The van der Waals surface area contributed by atoms with Gasteiger partial charge >= 0.3 is 6.01 Å². The van der Waals surface area contributed by atoms with Crippen molar-refractivity contribution in [1.29, 1.82) is 0 Å². The van der Waals surface area contributed by atoms with Crippen LogP contribution in [-0.2, 0) is 4.79 Å². The lowest BCUT2D eigenvalue weighted by molar-refractivity contribution is -0.118. The van der Waals surface area contributed by atoms with Crippen molar-refractivity contribution in [2.45, 2.75) is 0 Å². The molecule has 0 aliphatic rings. The highest BCUT2D eigenvalue weighted by Gasteiger charge is 2.12. The van der Waals surface area contributed by atoms with E-state index >= 15 is 0 Å². The molecule has 0 radical (unpaired) electrons. The summed E-state index contributed by atoms with van der Waals surface area (Å²) < 4.78 is 10.7. The van der Waals surface area contributed by atoms with Gasteiger partial charge in [0.05, 0.1) is 0 Å². The van der Waals surface area contributed by atoms with E-state index in [0.717, 1.165) is 0 Å². The van der Waals surface area contributed by atoms with E-state index in [0.29, 0.717) is 16.3 Å². The molecule has 1 aromatic heterocycles. The first kappa shape index (κ1) is 15.1. The van der Waals surface area contributed by atoms with Gasteiger partial charge in [-0.25, -0.2) is 0 Å². The smallest absolute Gasteiger partial charge is 0.322 e. The molecule has 0 atom stereocenters. The second-order valence-electron chi connectivity index (χ2n) is 4.57. The zero-order valence-corrected chi connectivity index (χ0v) is 12.7. The van der Waals surface area contributed by atoms with Gasteiger partial charge in [-0.1, -0.05) is 41.0 Å². The lowest BCUT2D eigenvalue weighted by atomic mass is 10.2. The number of benzene rings is 2. The predicted octanol–water partition coefficient (Wildman–Crippen LogP) is 3.41. The van der Waals surface area contributed by atoms with Crippen LogP contribution in [0.1, 0.15) is 0 Å². The van der Waals surface area contributed by atoms with Crippen LogP contribution in [0.3, 0.4) is 0 Å². The molecule has 0 saturated carbocycles. The molecule has 0 spiro atoms. The third-order valence-electron chi connectivity index (χ3n) is 2.86. The molecule has 1 amide bonds. The third-order valence-corrected chi connectivity index (χ3v) is 3.09. The minimum atomic E-state index is -0.393. The summed E-state index contributed by atoms with van der Waals surface area (Å²) >= 11 is 5.91. The molecule has 0 bridgehead atoms. The number of aromatic nitrogens is 2. The van der Waals surface area contributed by atoms with Crippen LogP contribution in [0, 0.1) is 0 Å². The van der Waals surface area contributed by atoms with Crippen molar-refractivity contribution >= 4 is 23.5 Å². The number of para-hydroxylation sites is 1. The maximum absolute atomic E-state index is 11.8. The van der Waals surface area contributed by atoms with Crippen molar-refractivity contribution in [3.05, 3.63) is 59.6 Å². The van der Waals surface area contributed by atoms with Gasteiger partial charge < -0.3 is 9.15 Å². The lowest BCUT2D eigenvalue weighted by Crippen LogP contribution is -2.20. The summed E-state index contributed by atoms with van der Waals surface area (Å²) in [6.45, 7) is -0.154. The highest BCUT2D eigenvalue weighted by atomic mass is 35.5. The lowest BCUT2D eigenvalue weighted by Gasteiger charge is -2.04. The number of amides is 1. The molecular weight excluding hydrogens is 318 g/mol. The number of nitrogens with one attached hydrogen (secondary N) is 1. The molecule has 3 aromatic rings. The van der Waals surface area contributed by atoms with Gasteiger partial charge in [-0.05, 0) is 30.3 Å². The molecule has 1 N–H and O–H groups in total. The fraction of sp³-hybridized carbons (Fsp3) is 0.0625. The van der Waals surface area contributed by atoms with E-state index in [1.807, 2.05) is 18.2 Å². The summed E-state index contributed by atoms with van der Waals surface area (Å²) in [6, 6.07) is 16.0. The summed E-state index contributed by atoms with van der Waals surface area (Å²) in [4.78, 5) is 11.8. The average molecular weight is 330 g/mol. The molecule has 116 valence electrons. The minimum Gasteiger partial charge on any atom is -0.484 e. The van der Waals surface area contributed by atoms with Crippen LogP contribution < -0.4 is 10.1 Å². The van der Waals surface area contributed by atoms with E-state index < -0.39 is 5.91 Å². The summed E-state index contributed by atoms with van der Waals surface area (Å²) in [5.41, 5.74) is 0.672. The van der Waals surface area contributed by atoms with Gasteiger partial charge in [0.1, 0.15) is 5.75 Å². The second-order valence-corrected chi connectivity index (χ2v) is 5.01. The van der Waals surface area contributed by atoms with E-state index in [1.165, 1.54) is 0 Å². The second kappa shape index (κ2) is 6.93. The molecule has 0 fully saturated rings. The van der Waals surface area contributed by atoms with E-state index in [4.69, 9.17) is 20.8 Å². The Morgan fingerprint density at radius 1 is 1.13 bits per heavy atom. The number of carbonyl (C=O) groups excluding carboxylic acids is 1. The number of nitrogens with zero attached hydrogens (tertiary/aromatic N) is 2. The highest BCUT2D eigenvalue weighted by Crippen LogP contribution is 2.22. The van der Waals surface area contributed by atoms with Gasteiger partial charge in [0.15, 0.2) is 6.61 Å². The first-order valence-corrected chi connectivity index (χ1v) is 7.15. The maximum Gasteiger partial charge on any atom is 0.322 e. The number of ether oxygens (including phenoxy) is 1. The molecule has 0 saturated heterocycles. The number of halogens is 1. The Balaban J connectivity index is 1.59. The number of anilines is 1. The van der Waals surface area contributed by atoms with Crippen molar-refractivity contribution < 1.29 is 13.9 Å². The van der Waals surface area contributed by atoms with Crippen molar-refractivity contribution in [3.8, 4) is 17.2 Å². The minimum absolute atomic E-state index is 0.00152. The molecule has 2 aromatic carbocycles. The quantitative estimate of drug-likeness (QED) is 0.776. The normalized spacial score (nSPS) is 10.3. The standard InChI is InChI=1S/C16H12ClN3O3/c17-12-6-4-5-11(9-12)15-19-20-16(23-15)18-14(21)10-22-13-7-2-1-3-8-13/h1-9H,10H2,(H,18,20,21). The van der Waals surface area contributed by atoms with Gasteiger partial charge in [-0.15, -0.1) is 5.10 Å². The first-order valence-electron chi connectivity index (χ1n) is 6.78. The van der Waals surface area contributed by atoms with Crippen molar-refractivity contribution in [3.63, 3.8) is 0 Å². The zero-order chi connectivity index (χ0) is 16.1. The highest BCUT2D eigenvalue weighted by molar-refractivity contribution is 6.30. The van der Waals surface area contributed by atoms with Gasteiger partial charge in [0.2, 0.25) is 5.89 Å². The third kappa shape index (κ3) is 4.08. The molecule has 0 aliphatic heterocycles. The van der Waals surface area contributed by atoms with Crippen LogP contribution in [0.15, 0.2) is 59.0 Å². The molecule has 0 unspecified atom stereocenters. The van der Waals surface area contributed by atoms with Crippen LogP contribution in [-0.4, -0.2) is 22.7 Å². The maximum atomic E-state index is 11.8. The molecule has 0 aliphatic carbocycles. The number of hydrogen-bond donors (Lipinski definition) is 1. The summed E-state index contributed by atoms with van der Waals surface area (Å²) in [5, 5.41) is 10.7. The fourth-order valence-corrected chi connectivity index (χ4v) is 2.02. The van der Waals surface area contributed by atoms with Crippen molar-refractivity contribution in [2.24, 2.45) is 0 Å². The van der Waals surface area contributed by atoms with Gasteiger partial charge in [0.25, 0.3) is 5.91 Å². The van der Waals surface area contributed by atoms with E-state index in [2.05, 4.69) is 15.5 Å². The zero-order valence-electron chi connectivity index (χ0n) is 11.9. The molecule has 6 nitrogen and oxygen atoms in total. The summed E-state index contributed by atoms with van der Waals surface area (Å²) in [7, 11) is 0. The van der Waals surface area contributed by atoms with E-state index in [-0.39, 0.29) is 18.5 Å². The summed E-state index contributed by atoms with van der Waals surface area (Å²) in [5.74, 6) is 0.481. The Hall–Kier alpha value is -2.86. The Bertz CT molecular complexity index is 805. The van der Waals surface area contributed by atoms with Gasteiger partial charge in [-0.3, -0.25) is 10.1 Å². The predicted molar refractivity (Wildman–Crippen MR) is 85.3 cm³/mol. The largest absolute Gasteiger partial charge is 0.484 e. The van der Waals surface area contributed by atoms with E-state index in [9.17, 15) is 4.79 Å². The number of rotatable bonds is 5. The van der Waals surface area contributed by atoms with Gasteiger partial charge in [0, 0.05) is 10.6 Å². The average Bonchev–Trinajstić information content (AvgIpc) is 3.02. The van der Waals surface area contributed by atoms with Crippen LogP contribution in [0.5, 0.6) is 5.75 Å². The molecule has 23 heavy (non-hydrogen) atoms. The van der Waals surface area contributed by atoms with Crippen LogP contribution in [0.2, 0.25) is 5.02 Å². The van der Waals surface area contributed by atoms with Crippen LogP contribution >= 0.6 is 11.6 Å². The SMILES string of the molecule is O=C(COc1ccccc1)Nc1nnc(-c2cccc(Cl)c2)o1. The molecule has 7 heteroatoms. The Morgan fingerprint density at radius 2 is 1.96 bits per heavy atom. The fourth-order valence-electron chi connectivity index (χ4n) is 1.83. The Kier molecular flexibility index (Phi) is 4.54. The van der Waals surface area contributed by atoms with Crippen LogP contribution in [0.4, 0.5) is 6.01 Å². The Morgan fingerprint density at radius 3 is 2.74 bits per heavy atom. The molecule has 1 heterocycles. The van der Waals surface area contributed by atoms with E-state index in [1.54, 1.807) is 36.4 Å². The first-order chi connectivity index (χ1) is 11.2.